The number of amides is 1. The van der Waals surface area contributed by atoms with Crippen molar-refractivity contribution in [2.24, 2.45) is 0 Å². The smallest absolute Gasteiger partial charge is 0.272 e. The van der Waals surface area contributed by atoms with Crippen molar-refractivity contribution in [3.8, 4) is 0 Å². The molecule has 0 saturated heterocycles. The highest BCUT2D eigenvalue weighted by Gasteiger charge is 2.18. The predicted molar refractivity (Wildman–Crippen MR) is 85.1 cm³/mol. The molecule has 20 heavy (non-hydrogen) atoms. The number of thiophene rings is 1. The fourth-order valence-corrected chi connectivity index (χ4v) is 3.23. The Hall–Kier alpha value is -1.14. The van der Waals surface area contributed by atoms with E-state index in [0.29, 0.717) is 18.8 Å². The number of hydrogen-bond acceptors (Lipinski definition) is 3. The fraction of sp³-hybridized carbons (Fsp3) is 0.429. The van der Waals surface area contributed by atoms with Crippen molar-refractivity contribution in [2.45, 2.75) is 33.4 Å². The Morgan fingerprint density at radius 1 is 1.45 bits per heavy atom. The Morgan fingerprint density at radius 3 is 2.75 bits per heavy atom. The third-order valence-corrected chi connectivity index (χ3v) is 4.65. The van der Waals surface area contributed by atoms with Crippen molar-refractivity contribution >= 4 is 33.2 Å². The molecule has 0 radical (unpaired) electrons. The zero-order valence-corrected chi connectivity index (χ0v) is 14.3. The number of aryl methyl sites for hydroxylation is 2. The standard InChI is InChI=1S/C14H18BrN3OS/c1-4-11-7-12(18(5-2)16-11)14(19)17(3)8-10-6-13(15)20-9-10/h6-7,9H,4-5,8H2,1-3H3. The average molecular weight is 356 g/mol. The Balaban J connectivity index is 2.15. The van der Waals surface area contributed by atoms with Crippen LogP contribution in [0.25, 0.3) is 0 Å². The van der Waals surface area contributed by atoms with Crippen molar-refractivity contribution in [3.63, 3.8) is 0 Å². The molecule has 0 aromatic carbocycles. The number of nitrogens with zero attached hydrogens (tertiary/aromatic N) is 3. The Labute approximate surface area is 131 Å². The first-order chi connectivity index (χ1) is 9.55. The molecule has 0 fully saturated rings. The molecule has 0 spiro atoms. The van der Waals surface area contributed by atoms with Gasteiger partial charge in [0.15, 0.2) is 0 Å². The summed E-state index contributed by atoms with van der Waals surface area (Å²) in [6.07, 6.45) is 0.842. The van der Waals surface area contributed by atoms with Gasteiger partial charge in [0.05, 0.1) is 9.48 Å². The van der Waals surface area contributed by atoms with Crippen LogP contribution in [0.1, 0.15) is 35.6 Å². The molecular formula is C14H18BrN3OS. The van der Waals surface area contributed by atoms with Crippen LogP contribution in [0.5, 0.6) is 0 Å². The summed E-state index contributed by atoms with van der Waals surface area (Å²) < 4.78 is 2.86. The molecule has 0 aliphatic heterocycles. The van der Waals surface area contributed by atoms with Gasteiger partial charge in [0.25, 0.3) is 5.91 Å². The van der Waals surface area contributed by atoms with Crippen LogP contribution < -0.4 is 0 Å². The zero-order chi connectivity index (χ0) is 14.7. The average Bonchev–Trinajstić information content (AvgIpc) is 3.03. The molecule has 4 nitrogen and oxygen atoms in total. The molecule has 0 aliphatic rings. The maximum absolute atomic E-state index is 12.5. The summed E-state index contributed by atoms with van der Waals surface area (Å²) in [6.45, 7) is 5.36. The Kier molecular flexibility index (Phi) is 4.99. The summed E-state index contributed by atoms with van der Waals surface area (Å²) in [7, 11) is 1.83. The zero-order valence-electron chi connectivity index (χ0n) is 11.9. The van der Waals surface area contributed by atoms with Crippen LogP contribution in [0.15, 0.2) is 21.3 Å². The maximum atomic E-state index is 12.5. The first kappa shape index (κ1) is 15.3. The molecule has 0 aliphatic carbocycles. The van der Waals surface area contributed by atoms with E-state index in [-0.39, 0.29) is 5.91 Å². The van der Waals surface area contributed by atoms with Crippen LogP contribution >= 0.6 is 27.3 Å². The monoisotopic (exact) mass is 355 g/mol. The van der Waals surface area contributed by atoms with E-state index in [1.54, 1.807) is 20.9 Å². The van der Waals surface area contributed by atoms with Gasteiger partial charge in [-0.15, -0.1) is 11.3 Å². The van der Waals surface area contributed by atoms with Crippen LogP contribution in [-0.2, 0) is 19.5 Å². The van der Waals surface area contributed by atoms with E-state index in [1.807, 2.05) is 33.0 Å². The van der Waals surface area contributed by atoms with Crippen LogP contribution in [-0.4, -0.2) is 27.6 Å². The van der Waals surface area contributed by atoms with Crippen molar-refractivity contribution in [3.05, 3.63) is 38.3 Å². The van der Waals surface area contributed by atoms with Gasteiger partial charge < -0.3 is 4.90 Å². The number of carbonyl (C=O) groups excluding carboxylic acids is 1. The SMILES string of the molecule is CCc1cc(C(=O)N(C)Cc2csc(Br)c2)n(CC)n1. The highest BCUT2D eigenvalue weighted by atomic mass is 79.9. The van der Waals surface area contributed by atoms with E-state index in [0.717, 1.165) is 21.5 Å². The van der Waals surface area contributed by atoms with E-state index in [2.05, 4.69) is 26.4 Å². The van der Waals surface area contributed by atoms with Crippen molar-refractivity contribution in [2.75, 3.05) is 7.05 Å². The summed E-state index contributed by atoms with van der Waals surface area (Å²) in [5.74, 6) is 0.0152. The molecule has 6 heteroatoms. The number of carbonyl (C=O) groups is 1. The second-order valence-corrected chi connectivity index (χ2v) is 6.90. The minimum atomic E-state index is 0.0152. The lowest BCUT2D eigenvalue weighted by atomic mass is 10.2. The number of aromatic nitrogens is 2. The van der Waals surface area contributed by atoms with Gasteiger partial charge in [0.1, 0.15) is 5.69 Å². The van der Waals surface area contributed by atoms with Gasteiger partial charge in [0, 0.05) is 20.1 Å². The van der Waals surface area contributed by atoms with Crippen molar-refractivity contribution in [1.82, 2.24) is 14.7 Å². The summed E-state index contributed by atoms with van der Waals surface area (Å²) in [6, 6.07) is 3.94. The quantitative estimate of drug-likeness (QED) is 0.822. The van der Waals surface area contributed by atoms with Gasteiger partial charge in [0.2, 0.25) is 0 Å². The molecule has 0 N–H and O–H groups in total. The van der Waals surface area contributed by atoms with E-state index in [1.165, 1.54) is 0 Å². The lowest BCUT2D eigenvalue weighted by Crippen LogP contribution is -2.28. The molecule has 1 amide bonds. The summed E-state index contributed by atoms with van der Waals surface area (Å²) in [5.41, 5.74) is 2.76. The normalized spacial score (nSPS) is 10.8. The second-order valence-electron chi connectivity index (χ2n) is 4.61. The number of halogens is 1. The summed E-state index contributed by atoms with van der Waals surface area (Å²) in [5, 5.41) is 6.48. The molecule has 2 rings (SSSR count). The molecule has 0 saturated carbocycles. The lowest BCUT2D eigenvalue weighted by Gasteiger charge is -2.16. The molecular weight excluding hydrogens is 338 g/mol. The lowest BCUT2D eigenvalue weighted by molar-refractivity contribution is 0.0773. The largest absolute Gasteiger partial charge is 0.336 e. The van der Waals surface area contributed by atoms with Crippen molar-refractivity contribution < 1.29 is 4.79 Å². The molecule has 2 aromatic rings. The van der Waals surface area contributed by atoms with E-state index >= 15 is 0 Å². The van der Waals surface area contributed by atoms with Gasteiger partial charge in [-0.25, -0.2) is 0 Å². The van der Waals surface area contributed by atoms with Gasteiger partial charge in [-0.2, -0.15) is 5.10 Å². The van der Waals surface area contributed by atoms with Crippen LogP contribution in [0, 0.1) is 0 Å². The van der Waals surface area contributed by atoms with Crippen LogP contribution in [0.4, 0.5) is 0 Å². The Morgan fingerprint density at radius 2 is 2.20 bits per heavy atom. The minimum absolute atomic E-state index is 0.0152. The van der Waals surface area contributed by atoms with E-state index < -0.39 is 0 Å². The highest BCUT2D eigenvalue weighted by Crippen LogP contribution is 2.22. The molecule has 0 bridgehead atoms. The molecule has 0 atom stereocenters. The van der Waals surface area contributed by atoms with E-state index in [4.69, 9.17) is 0 Å². The third-order valence-electron chi connectivity index (χ3n) is 3.10. The molecule has 2 heterocycles. The minimum Gasteiger partial charge on any atom is -0.336 e. The fourth-order valence-electron chi connectivity index (χ4n) is 2.03. The summed E-state index contributed by atoms with van der Waals surface area (Å²) >= 11 is 5.07. The topological polar surface area (TPSA) is 38.1 Å². The number of hydrogen-bond donors (Lipinski definition) is 0. The Bertz CT molecular complexity index is 605. The predicted octanol–water partition coefficient (Wildman–Crippen LogP) is 3.56. The second kappa shape index (κ2) is 6.54. The van der Waals surface area contributed by atoms with Gasteiger partial charge in [-0.05, 0) is 52.4 Å². The van der Waals surface area contributed by atoms with Gasteiger partial charge >= 0.3 is 0 Å². The van der Waals surface area contributed by atoms with E-state index in [9.17, 15) is 4.79 Å². The number of rotatable bonds is 5. The first-order valence-corrected chi connectivity index (χ1v) is 8.27. The molecule has 0 unspecified atom stereocenters. The molecule has 2 aromatic heterocycles. The van der Waals surface area contributed by atoms with Gasteiger partial charge in [-0.1, -0.05) is 6.92 Å². The van der Waals surface area contributed by atoms with Crippen molar-refractivity contribution in [1.29, 1.82) is 0 Å². The van der Waals surface area contributed by atoms with Gasteiger partial charge in [-0.3, -0.25) is 9.48 Å². The third kappa shape index (κ3) is 3.30. The molecule has 108 valence electrons. The highest BCUT2D eigenvalue weighted by molar-refractivity contribution is 9.11. The maximum Gasteiger partial charge on any atom is 0.272 e. The first-order valence-electron chi connectivity index (χ1n) is 6.60. The summed E-state index contributed by atoms with van der Waals surface area (Å²) in [4.78, 5) is 14.3. The van der Waals surface area contributed by atoms with Crippen LogP contribution in [0.3, 0.4) is 0 Å². The van der Waals surface area contributed by atoms with Crippen LogP contribution in [0.2, 0.25) is 0 Å².